The lowest BCUT2D eigenvalue weighted by molar-refractivity contribution is 0.0854. The molecule has 0 aliphatic heterocycles. The van der Waals surface area contributed by atoms with Crippen LogP contribution < -0.4 is 0 Å². The van der Waals surface area contributed by atoms with Gasteiger partial charge in [-0.05, 0) is 12.1 Å². The second kappa shape index (κ2) is 4.09. The van der Waals surface area contributed by atoms with Crippen LogP contribution in [-0.2, 0) is 11.3 Å². The van der Waals surface area contributed by atoms with E-state index in [0.29, 0.717) is 5.56 Å². The van der Waals surface area contributed by atoms with Gasteiger partial charge in [0.1, 0.15) is 12.4 Å². The van der Waals surface area contributed by atoms with E-state index in [2.05, 4.69) is 4.74 Å². The molecule has 0 aliphatic rings. The van der Waals surface area contributed by atoms with Crippen molar-refractivity contribution in [3.8, 4) is 0 Å². The van der Waals surface area contributed by atoms with Crippen molar-refractivity contribution >= 4 is 17.8 Å². The van der Waals surface area contributed by atoms with Crippen LogP contribution in [0, 0.1) is 5.82 Å². The number of hydrogen-bond acceptors (Lipinski definition) is 2. The summed E-state index contributed by atoms with van der Waals surface area (Å²) in [6.45, 7) is -0.172. The molecule has 0 heterocycles. The summed E-state index contributed by atoms with van der Waals surface area (Å²) in [5, 5.41) is 8.33. The van der Waals surface area contributed by atoms with E-state index >= 15 is 0 Å². The van der Waals surface area contributed by atoms with Gasteiger partial charge in [-0.2, -0.15) is 0 Å². The molecule has 0 radical (unpaired) electrons. The zero-order valence-corrected chi connectivity index (χ0v) is 7.21. The van der Waals surface area contributed by atoms with Gasteiger partial charge in [0.15, 0.2) is 0 Å². The van der Waals surface area contributed by atoms with E-state index in [1.807, 2.05) is 0 Å². The Hall–Kier alpha value is -1.29. The summed E-state index contributed by atoms with van der Waals surface area (Å²) < 4.78 is 16.8. The summed E-state index contributed by atoms with van der Waals surface area (Å²) in [5.74, 6) is -0.468. The van der Waals surface area contributed by atoms with E-state index in [0.717, 1.165) is 6.07 Å². The quantitative estimate of drug-likeness (QED) is 0.754. The van der Waals surface area contributed by atoms with Crippen LogP contribution in [0.5, 0.6) is 0 Å². The van der Waals surface area contributed by atoms with E-state index in [-0.39, 0.29) is 11.6 Å². The summed E-state index contributed by atoms with van der Waals surface area (Å²) in [6, 6.07) is 3.66. The first kappa shape index (κ1) is 9.80. The Morgan fingerprint density at radius 3 is 2.85 bits per heavy atom. The molecule has 1 aromatic rings. The van der Waals surface area contributed by atoms with Crippen molar-refractivity contribution < 1.29 is 19.0 Å². The van der Waals surface area contributed by atoms with E-state index in [4.69, 9.17) is 16.7 Å². The maximum atomic E-state index is 12.5. The van der Waals surface area contributed by atoms with E-state index in [1.54, 1.807) is 0 Å². The number of benzene rings is 1. The number of halogens is 2. The van der Waals surface area contributed by atoms with Crippen LogP contribution in [0.3, 0.4) is 0 Å². The Bertz CT molecular complexity index is 327. The lowest BCUT2D eigenvalue weighted by Gasteiger charge is -2.02. The first-order valence-corrected chi connectivity index (χ1v) is 3.77. The molecular weight excluding hydrogens is 199 g/mol. The van der Waals surface area contributed by atoms with Gasteiger partial charge in [0.25, 0.3) is 0 Å². The molecule has 0 spiro atoms. The van der Waals surface area contributed by atoms with Crippen molar-refractivity contribution in [1.82, 2.24) is 0 Å². The normalized spacial score (nSPS) is 9.69. The highest BCUT2D eigenvalue weighted by atomic mass is 35.5. The zero-order chi connectivity index (χ0) is 9.84. The van der Waals surface area contributed by atoms with Crippen LogP contribution in [0.1, 0.15) is 5.56 Å². The number of hydrogen-bond donors (Lipinski definition) is 1. The van der Waals surface area contributed by atoms with Gasteiger partial charge in [0, 0.05) is 5.56 Å². The van der Waals surface area contributed by atoms with Gasteiger partial charge in [-0.1, -0.05) is 17.7 Å². The highest BCUT2D eigenvalue weighted by molar-refractivity contribution is 6.31. The number of carboxylic acid groups (broad SMARTS) is 1. The molecule has 0 unspecified atom stereocenters. The molecule has 0 amide bonds. The van der Waals surface area contributed by atoms with Gasteiger partial charge >= 0.3 is 6.16 Å². The minimum absolute atomic E-state index is 0.154. The number of ether oxygens (including phenoxy) is 1. The lowest BCUT2D eigenvalue weighted by atomic mass is 10.2. The Balaban J connectivity index is 2.72. The zero-order valence-electron chi connectivity index (χ0n) is 6.46. The molecule has 0 aromatic heterocycles. The molecule has 0 bridgehead atoms. The number of rotatable bonds is 2. The average Bonchev–Trinajstić information content (AvgIpc) is 2.02. The predicted molar refractivity (Wildman–Crippen MR) is 44.2 cm³/mol. The Labute approximate surface area is 78.7 Å². The third kappa shape index (κ3) is 2.91. The average molecular weight is 205 g/mol. The monoisotopic (exact) mass is 204 g/mol. The van der Waals surface area contributed by atoms with Crippen molar-refractivity contribution in [1.29, 1.82) is 0 Å². The molecule has 1 aromatic carbocycles. The molecule has 3 nitrogen and oxygen atoms in total. The number of carbonyl (C=O) groups is 1. The molecule has 0 fully saturated rings. The molecule has 70 valence electrons. The molecular formula is C8H6ClFO3. The van der Waals surface area contributed by atoms with Crippen LogP contribution in [0.25, 0.3) is 0 Å². The molecule has 13 heavy (non-hydrogen) atoms. The van der Waals surface area contributed by atoms with Crippen molar-refractivity contribution in [2.24, 2.45) is 0 Å². The first-order chi connectivity index (χ1) is 6.09. The first-order valence-electron chi connectivity index (χ1n) is 3.39. The minimum Gasteiger partial charge on any atom is -0.450 e. The Kier molecular flexibility index (Phi) is 3.08. The van der Waals surface area contributed by atoms with E-state index < -0.39 is 12.0 Å². The van der Waals surface area contributed by atoms with Crippen molar-refractivity contribution in [3.63, 3.8) is 0 Å². The molecule has 1 rings (SSSR count). The molecule has 0 saturated carbocycles. The van der Waals surface area contributed by atoms with Crippen LogP contribution in [0.4, 0.5) is 9.18 Å². The Morgan fingerprint density at radius 1 is 1.62 bits per heavy atom. The summed E-state index contributed by atoms with van der Waals surface area (Å²) >= 11 is 5.60. The summed E-state index contributed by atoms with van der Waals surface area (Å²) in [6.07, 6.45) is -1.39. The summed E-state index contributed by atoms with van der Waals surface area (Å²) in [5.41, 5.74) is 0.436. The van der Waals surface area contributed by atoms with Crippen molar-refractivity contribution in [3.05, 3.63) is 34.6 Å². The van der Waals surface area contributed by atoms with E-state index in [9.17, 15) is 9.18 Å². The third-order valence-corrected chi connectivity index (χ3v) is 1.72. The topological polar surface area (TPSA) is 46.5 Å². The highest BCUT2D eigenvalue weighted by Gasteiger charge is 2.04. The smallest absolute Gasteiger partial charge is 0.450 e. The molecule has 1 N–H and O–H groups in total. The minimum atomic E-state index is -1.39. The standard InChI is InChI=1S/C8H6ClFO3/c9-7-3-6(10)2-1-5(7)4-13-8(11)12/h1-3H,4H2,(H,11,12). The lowest BCUT2D eigenvalue weighted by Crippen LogP contribution is -2.00. The third-order valence-electron chi connectivity index (χ3n) is 1.37. The van der Waals surface area contributed by atoms with Gasteiger partial charge in [0.05, 0.1) is 5.02 Å². The van der Waals surface area contributed by atoms with E-state index in [1.165, 1.54) is 12.1 Å². The molecule has 0 aliphatic carbocycles. The fraction of sp³-hybridized carbons (Fsp3) is 0.125. The summed E-state index contributed by atoms with van der Waals surface area (Å²) in [7, 11) is 0. The second-order valence-corrected chi connectivity index (χ2v) is 2.70. The fourth-order valence-corrected chi connectivity index (χ4v) is 1.00. The predicted octanol–water partition coefficient (Wildman–Crippen LogP) is 2.67. The maximum Gasteiger partial charge on any atom is 0.506 e. The largest absolute Gasteiger partial charge is 0.506 e. The SMILES string of the molecule is O=C(O)OCc1ccc(F)cc1Cl. The van der Waals surface area contributed by atoms with Crippen LogP contribution in [0.2, 0.25) is 5.02 Å². The Morgan fingerprint density at radius 2 is 2.31 bits per heavy atom. The van der Waals surface area contributed by atoms with Gasteiger partial charge in [-0.15, -0.1) is 0 Å². The fourth-order valence-electron chi connectivity index (χ4n) is 0.778. The van der Waals surface area contributed by atoms with Gasteiger partial charge in [-0.3, -0.25) is 0 Å². The van der Waals surface area contributed by atoms with Crippen LogP contribution in [0.15, 0.2) is 18.2 Å². The van der Waals surface area contributed by atoms with Crippen LogP contribution in [-0.4, -0.2) is 11.3 Å². The molecule has 0 saturated heterocycles. The van der Waals surface area contributed by atoms with Gasteiger partial charge < -0.3 is 9.84 Å². The maximum absolute atomic E-state index is 12.5. The van der Waals surface area contributed by atoms with Gasteiger partial charge in [-0.25, -0.2) is 9.18 Å². The molecule has 5 heteroatoms. The second-order valence-electron chi connectivity index (χ2n) is 2.29. The van der Waals surface area contributed by atoms with Gasteiger partial charge in [0.2, 0.25) is 0 Å². The van der Waals surface area contributed by atoms with Crippen LogP contribution >= 0.6 is 11.6 Å². The van der Waals surface area contributed by atoms with Crippen molar-refractivity contribution in [2.75, 3.05) is 0 Å². The van der Waals surface area contributed by atoms with Crippen molar-refractivity contribution in [2.45, 2.75) is 6.61 Å². The summed E-state index contributed by atoms with van der Waals surface area (Å²) in [4.78, 5) is 10.0. The highest BCUT2D eigenvalue weighted by Crippen LogP contribution is 2.17. The molecule has 0 atom stereocenters.